The maximum atomic E-state index is 13.3. The van der Waals surface area contributed by atoms with E-state index in [-0.39, 0.29) is 4.47 Å². The Hall–Kier alpha value is -1.56. The molecule has 2 atom stereocenters. The number of carbonyl (C=O) groups excluding carboxylic acids is 1. The van der Waals surface area contributed by atoms with Crippen LogP contribution < -0.4 is 10.1 Å². The zero-order valence-corrected chi connectivity index (χ0v) is 15.2. The van der Waals surface area contributed by atoms with Gasteiger partial charge in [0, 0.05) is 0 Å². The van der Waals surface area contributed by atoms with E-state index < -0.39 is 54.1 Å². The van der Waals surface area contributed by atoms with Gasteiger partial charge in [0.05, 0.1) is 22.2 Å². The lowest BCUT2D eigenvalue weighted by Crippen LogP contribution is -2.45. The molecule has 1 heterocycles. The van der Waals surface area contributed by atoms with Crippen LogP contribution in [0, 0.1) is 0 Å². The molecule has 1 aromatic heterocycles. The van der Waals surface area contributed by atoms with Crippen molar-refractivity contribution in [1.82, 2.24) is 10.3 Å². The molecule has 0 saturated heterocycles. The predicted molar refractivity (Wildman–Crippen MR) is 84.2 cm³/mol. The average molecular weight is 465 g/mol. The van der Waals surface area contributed by atoms with Gasteiger partial charge in [-0.3, -0.25) is 4.79 Å². The highest BCUT2D eigenvalue weighted by atomic mass is 79.9. The molecule has 5 nitrogen and oxygen atoms in total. The Labute approximate surface area is 158 Å². The van der Waals surface area contributed by atoms with E-state index in [0.717, 1.165) is 6.42 Å². The summed E-state index contributed by atoms with van der Waals surface area (Å²) < 4.78 is 80.4. The minimum Gasteiger partial charge on any atom is -0.467 e. The summed E-state index contributed by atoms with van der Waals surface area (Å²) in [6.07, 6.45) is -8.52. The number of carbonyl (C=O) groups is 1. The number of alkyl halides is 6. The van der Waals surface area contributed by atoms with Gasteiger partial charge < -0.3 is 15.2 Å². The molecule has 2 rings (SSSR count). The number of nitrogens with zero attached hydrogens (tertiary/aromatic N) is 1. The van der Waals surface area contributed by atoms with Gasteiger partial charge in [0.15, 0.2) is 12.3 Å². The number of pyridine rings is 1. The van der Waals surface area contributed by atoms with Gasteiger partial charge in [0.25, 0.3) is 5.91 Å². The number of aromatic nitrogens is 1. The Balaban J connectivity index is 2.31. The Bertz CT molecular complexity index is 695. The highest BCUT2D eigenvalue weighted by Crippen LogP contribution is 2.36. The lowest BCUT2D eigenvalue weighted by atomic mass is 9.92. The maximum absolute atomic E-state index is 13.3. The van der Waals surface area contributed by atoms with Gasteiger partial charge in [0.2, 0.25) is 5.88 Å². The Morgan fingerprint density at radius 2 is 1.89 bits per heavy atom. The summed E-state index contributed by atoms with van der Waals surface area (Å²) in [5, 5.41) is 12.2. The van der Waals surface area contributed by atoms with Crippen LogP contribution in [0.5, 0.6) is 5.88 Å². The SMILES string of the molecule is O=C(N[C@H]1CCCC[C@@H]1O)c1cc(Br)c(OCC(F)(F)F)nc1C(F)(F)F. The first-order valence-electron chi connectivity index (χ1n) is 7.84. The molecule has 1 aliphatic rings. The van der Waals surface area contributed by atoms with Crippen LogP contribution in [0.1, 0.15) is 41.7 Å². The van der Waals surface area contributed by atoms with Crippen molar-refractivity contribution < 1.29 is 41.0 Å². The van der Waals surface area contributed by atoms with Gasteiger partial charge in [-0.1, -0.05) is 12.8 Å². The van der Waals surface area contributed by atoms with Gasteiger partial charge >= 0.3 is 12.4 Å². The van der Waals surface area contributed by atoms with E-state index in [4.69, 9.17) is 0 Å². The number of halogens is 7. The standard InChI is InChI=1S/C15H15BrF6N2O3/c16-8-5-7(12(26)23-9-3-1-2-4-10(9)25)11(15(20,21)22)24-13(8)27-6-14(17,18)19/h5,9-10,25H,1-4,6H2,(H,23,26)/t9-,10-/m0/s1. The first-order valence-corrected chi connectivity index (χ1v) is 8.64. The van der Waals surface area contributed by atoms with Crippen LogP contribution in [0.15, 0.2) is 10.5 Å². The minimum atomic E-state index is -5.10. The fourth-order valence-corrected chi connectivity index (χ4v) is 3.07. The summed E-state index contributed by atoms with van der Waals surface area (Å²) in [7, 11) is 0. The van der Waals surface area contributed by atoms with E-state index >= 15 is 0 Å². The van der Waals surface area contributed by atoms with E-state index in [1.54, 1.807) is 0 Å². The maximum Gasteiger partial charge on any atom is 0.434 e. The second kappa shape index (κ2) is 8.21. The molecule has 0 unspecified atom stereocenters. The molecule has 1 aromatic rings. The third kappa shape index (κ3) is 5.96. The number of aliphatic hydroxyl groups is 1. The molecule has 0 spiro atoms. The smallest absolute Gasteiger partial charge is 0.434 e. The van der Waals surface area contributed by atoms with Crippen LogP contribution in [-0.4, -0.2) is 40.9 Å². The molecule has 1 fully saturated rings. The molecule has 0 aromatic carbocycles. The zero-order chi connectivity index (χ0) is 20.4. The van der Waals surface area contributed by atoms with Gasteiger partial charge in [-0.2, -0.15) is 26.3 Å². The van der Waals surface area contributed by atoms with Gasteiger partial charge in [-0.05, 0) is 34.8 Å². The number of nitrogens with one attached hydrogen (secondary N) is 1. The van der Waals surface area contributed by atoms with Crippen molar-refractivity contribution in [3.8, 4) is 5.88 Å². The lowest BCUT2D eigenvalue weighted by molar-refractivity contribution is -0.155. The number of aliphatic hydroxyl groups excluding tert-OH is 1. The molecule has 0 bridgehead atoms. The van der Waals surface area contributed by atoms with Gasteiger partial charge in [-0.15, -0.1) is 0 Å². The van der Waals surface area contributed by atoms with Crippen LogP contribution in [0.4, 0.5) is 26.3 Å². The van der Waals surface area contributed by atoms with Gasteiger partial charge in [-0.25, -0.2) is 4.98 Å². The van der Waals surface area contributed by atoms with Crippen molar-refractivity contribution in [2.75, 3.05) is 6.61 Å². The molecule has 1 saturated carbocycles. The fourth-order valence-electron chi connectivity index (χ4n) is 2.64. The quantitative estimate of drug-likeness (QED) is 0.664. The van der Waals surface area contributed by atoms with E-state index in [1.165, 1.54) is 0 Å². The van der Waals surface area contributed by atoms with Crippen molar-refractivity contribution in [2.45, 2.75) is 50.2 Å². The van der Waals surface area contributed by atoms with Crippen molar-refractivity contribution in [2.24, 2.45) is 0 Å². The average Bonchev–Trinajstić information content (AvgIpc) is 2.53. The third-order valence-electron chi connectivity index (χ3n) is 3.88. The van der Waals surface area contributed by atoms with Crippen LogP contribution in [0.25, 0.3) is 0 Å². The van der Waals surface area contributed by atoms with Gasteiger partial charge in [0.1, 0.15) is 0 Å². The molecular weight excluding hydrogens is 450 g/mol. The zero-order valence-electron chi connectivity index (χ0n) is 13.6. The Kier molecular flexibility index (Phi) is 6.61. The fraction of sp³-hybridized carbons (Fsp3) is 0.600. The molecule has 1 aliphatic carbocycles. The van der Waals surface area contributed by atoms with E-state index in [2.05, 4.69) is 31.0 Å². The second-order valence-corrected chi connectivity index (χ2v) is 6.86. The van der Waals surface area contributed by atoms with Crippen molar-refractivity contribution >= 4 is 21.8 Å². The largest absolute Gasteiger partial charge is 0.467 e. The van der Waals surface area contributed by atoms with Crippen molar-refractivity contribution in [1.29, 1.82) is 0 Å². The Morgan fingerprint density at radius 3 is 2.44 bits per heavy atom. The van der Waals surface area contributed by atoms with Crippen LogP contribution in [0.2, 0.25) is 0 Å². The highest BCUT2D eigenvalue weighted by Gasteiger charge is 2.40. The molecule has 0 radical (unpaired) electrons. The number of hydrogen-bond acceptors (Lipinski definition) is 4. The van der Waals surface area contributed by atoms with Crippen LogP contribution in [0.3, 0.4) is 0 Å². The van der Waals surface area contributed by atoms with E-state index in [9.17, 15) is 36.2 Å². The molecule has 27 heavy (non-hydrogen) atoms. The molecular formula is C15H15BrF6N2O3. The number of ether oxygens (including phenoxy) is 1. The summed E-state index contributed by atoms with van der Waals surface area (Å²) in [5.74, 6) is -2.07. The molecule has 12 heteroatoms. The second-order valence-electron chi connectivity index (χ2n) is 6.00. The van der Waals surface area contributed by atoms with E-state index in [0.29, 0.717) is 25.3 Å². The Morgan fingerprint density at radius 1 is 1.26 bits per heavy atom. The third-order valence-corrected chi connectivity index (χ3v) is 4.44. The topological polar surface area (TPSA) is 71.5 Å². The summed E-state index contributed by atoms with van der Waals surface area (Å²) in [4.78, 5) is 15.4. The minimum absolute atomic E-state index is 0.339. The van der Waals surface area contributed by atoms with E-state index in [1.807, 2.05) is 0 Å². The van der Waals surface area contributed by atoms with Crippen LogP contribution in [-0.2, 0) is 6.18 Å². The first-order chi connectivity index (χ1) is 12.4. The summed E-state index contributed by atoms with van der Waals surface area (Å²) >= 11 is 2.77. The molecule has 152 valence electrons. The summed E-state index contributed by atoms with van der Waals surface area (Å²) in [6.45, 7) is -1.84. The number of hydrogen-bond donors (Lipinski definition) is 2. The summed E-state index contributed by atoms with van der Waals surface area (Å²) in [5.41, 5.74) is -2.56. The number of rotatable bonds is 4. The van der Waals surface area contributed by atoms with Crippen molar-refractivity contribution in [3.63, 3.8) is 0 Å². The molecule has 2 N–H and O–H groups in total. The van der Waals surface area contributed by atoms with Crippen LogP contribution >= 0.6 is 15.9 Å². The molecule has 1 amide bonds. The number of amides is 1. The monoisotopic (exact) mass is 464 g/mol. The lowest BCUT2D eigenvalue weighted by Gasteiger charge is -2.28. The highest BCUT2D eigenvalue weighted by molar-refractivity contribution is 9.10. The summed E-state index contributed by atoms with van der Waals surface area (Å²) in [6, 6.07) is -0.0150. The normalized spacial score (nSPS) is 21.0. The molecule has 0 aliphatic heterocycles. The predicted octanol–water partition coefficient (Wildman–Crippen LogP) is 3.84. The van der Waals surface area contributed by atoms with Crippen molar-refractivity contribution in [3.05, 3.63) is 21.8 Å². The first kappa shape index (κ1) is 21.7.